The van der Waals surface area contributed by atoms with Crippen LogP contribution in [0.1, 0.15) is 11.5 Å². The van der Waals surface area contributed by atoms with Crippen LogP contribution in [0, 0.1) is 13.8 Å². The highest BCUT2D eigenvalue weighted by Crippen LogP contribution is 2.03. The second-order valence-corrected chi connectivity index (χ2v) is 2.62. The van der Waals surface area contributed by atoms with E-state index in [9.17, 15) is 0 Å². The predicted molar refractivity (Wildman–Crippen MR) is 42.5 cm³/mol. The summed E-state index contributed by atoms with van der Waals surface area (Å²) >= 11 is 0. The monoisotopic (exact) mass is 147 g/mol. The molecule has 0 unspecified atom stereocenters. The number of nitrogens with zero attached hydrogens (tertiary/aromatic N) is 3. The number of hydrogen-bond donors (Lipinski definition) is 0. The number of aromatic nitrogens is 3. The van der Waals surface area contributed by atoms with E-state index in [-0.39, 0.29) is 0 Å². The summed E-state index contributed by atoms with van der Waals surface area (Å²) in [7, 11) is 0. The zero-order chi connectivity index (χ0) is 7.84. The highest BCUT2D eigenvalue weighted by atomic mass is 15.3. The third-order valence-corrected chi connectivity index (χ3v) is 1.69. The lowest BCUT2D eigenvalue weighted by Gasteiger charge is -1.95. The number of aryl methyl sites for hydroxylation is 2. The average Bonchev–Trinajstić information content (AvgIpc) is 2.33. The van der Waals surface area contributed by atoms with Gasteiger partial charge in [0, 0.05) is 0 Å². The summed E-state index contributed by atoms with van der Waals surface area (Å²) in [6.07, 6.45) is 1.82. The van der Waals surface area contributed by atoms with Crippen LogP contribution in [0.4, 0.5) is 0 Å². The maximum Gasteiger partial charge on any atom is 0.127 e. The number of fused-ring (bicyclic) bond motifs is 1. The van der Waals surface area contributed by atoms with Crippen molar-refractivity contribution < 1.29 is 0 Å². The molecule has 2 aromatic rings. The summed E-state index contributed by atoms with van der Waals surface area (Å²) in [4.78, 5) is 4.14. The number of imidazole rings is 1. The summed E-state index contributed by atoms with van der Waals surface area (Å²) in [6.45, 7) is 3.92. The SMILES string of the molecule is Cc1ccc2cnc(C)n2n1. The van der Waals surface area contributed by atoms with Crippen molar-refractivity contribution in [1.29, 1.82) is 0 Å². The third kappa shape index (κ3) is 0.888. The van der Waals surface area contributed by atoms with Crippen LogP contribution in [0.2, 0.25) is 0 Å². The Hall–Kier alpha value is -1.38. The van der Waals surface area contributed by atoms with Crippen molar-refractivity contribution in [3.05, 3.63) is 29.8 Å². The van der Waals surface area contributed by atoms with Crippen LogP contribution in [0.3, 0.4) is 0 Å². The van der Waals surface area contributed by atoms with Crippen LogP contribution in [-0.2, 0) is 0 Å². The molecule has 0 atom stereocenters. The van der Waals surface area contributed by atoms with Crippen molar-refractivity contribution >= 4 is 5.52 Å². The fraction of sp³-hybridized carbons (Fsp3) is 0.250. The van der Waals surface area contributed by atoms with Gasteiger partial charge in [-0.15, -0.1) is 0 Å². The van der Waals surface area contributed by atoms with Crippen molar-refractivity contribution in [3.8, 4) is 0 Å². The molecule has 0 bridgehead atoms. The van der Waals surface area contributed by atoms with E-state index in [0.29, 0.717) is 0 Å². The fourth-order valence-corrected chi connectivity index (χ4v) is 1.10. The maximum atomic E-state index is 4.29. The first-order valence-corrected chi connectivity index (χ1v) is 3.55. The number of hydrogen-bond acceptors (Lipinski definition) is 2. The van der Waals surface area contributed by atoms with E-state index in [0.717, 1.165) is 17.0 Å². The maximum absolute atomic E-state index is 4.29. The molecule has 0 fully saturated rings. The van der Waals surface area contributed by atoms with Crippen molar-refractivity contribution in [1.82, 2.24) is 14.6 Å². The Bertz CT molecular complexity index is 389. The first-order valence-electron chi connectivity index (χ1n) is 3.55. The molecule has 3 heteroatoms. The largest absolute Gasteiger partial charge is 0.239 e. The van der Waals surface area contributed by atoms with E-state index in [1.54, 1.807) is 0 Å². The molecule has 11 heavy (non-hydrogen) atoms. The highest BCUT2D eigenvalue weighted by Gasteiger charge is 1.97. The molecule has 2 aromatic heterocycles. The summed E-state index contributed by atoms with van der Waals surface area (Å²) in [6, 6.07) is 4.00. The molecule has 2 heterocycles. The van der Waals surface area contributed by atoms with Crippen LogP contribution in [0.15, 0.2) is 18.3 Å². The summed E-state index contributed by atoms with van der Waals surface area (Å²) in [5, 5.41) is 4.29. The lowest BCUT2D eigenvalue weighted by molar-refractivity contribution is 0.852. The molecule has 0 aliphatic heterocycles. The molecule has 0 aromatic carbocycles. The molecular formula is C8H9N3. The normalized spacial score (nSPS) is 10.7. The first-order chi connectivity index (χ1) is 5.27. The van der Waals surface area contributed by atoms with Gasteiger partial charge in [0.15, 0.2) is 0 Å². The van der Waals surface area contributed by atoms with Gasteiger partial charge in [0.05, 0.1) is 17.4 Å². The molecule has 0 aliphatic rings. The summed E-state index contributed by atoms with van der Waals surface area (Å²) in [5.41, 5.74) is 2.06. The van der Waals surface area contributed by atoms with Crippen LogP contribution >= 0.6 is 0 Å². The van der Waals surface area contributed by atoms with Crippen LogP contribution in [0.25, 0.3) is 5.52 Å². The van der Waals surface area contributed by atoms with E-state index in [4.69, 9.17) is 0 Å². The Balaban J connectivity index is 2.87. The van der Waals surface area contributed by atoms with Crippen LogP contribution < -0.4 is 0 Å². The number of rotatable bonds is 0. The van der Waals surface area contributed by atoms with E-state index < -0.39 is 0 Å². The molecule has 3 nitrogen and oxygen atoms in total. The van der Waals surface area contributed by atoms with E-state index >= 15 is 0 Å². The van der Waals surface area contributed by atoms with E-state index in [1.807, 2.05) is 36.7 Å². The lowest BCUT2D eigenvalue weighted by Crippen LogP contribution is -1.95. The second-order valence-electron chi connectivity index (χ2n) is 2.62. The Morgan fingerprint density at radius 1 is 1.27 bits per heavy atom. The average molecular weight is 147 g/mol. The summed E-state index contributed by atoms with van der Waals surface area (Å²) < 4.78 is 1.84. The highest BCUT2D eigenvalue weighted by molar-refractivity contribution is 5.44. The molecule has 0 N–H and O–H groups in total. The van der Waals surface area contributed by atoms with Gasteiger partial charge in [-0.3, -0.25) is 0 Å². The van der Waals surface area contributed by atoms with Crippen molar-refractivity contribution in [2.45, 2.75) is 13.8 Å². The van der Waals surface area contributed by atoms with Gasteiger partial charge in [-0.25, -0.2) is 9.50 Å². The molecular weight excluding hydrogens is 138 g/mol. The van der Waals surface area contributed by atoms with Gasteiger partial charge in [0.1, 0.15) is 5.82 Å². The molecule has 0 spiro atoms. The minimum absolute atomic E-state index is 0.934. The van der Waals surface area contributed by atoms with Gasteiger partial charge >= 0.3 is 0 Å². The van der Waals surface area contributed by atoms with Gasteiger partial charge in [0.25, 0.3) is 0 Å². The Labute approximate surface area is 64.7 Å². The van der Waals surface area contributed by atoms with Crippen LogP contribution in [0.5, 0.6) is 0 Å². The van der Waals surface area contributed by atoms with E-state index in [2.05, 4.69) is 10.1 Å². The van der Waals surface area contributed by atoms with Gasteiger partial charge in [0.2, 0.25) is 0 Å². The van der Waals surface area contributed by atoms with Gasteiger partial charge in [-0.1, -0.05) is 0 Å². The standard InChI is InChI=1S/C8H9N3/c1-6-3-4-8-5-9-7(2)11(8)10-6/h3-5H,1-2H3. The minimum atomic E-state index is 0.934. The Morgan fingerprint density at radius 2 is 2.09 bits per heavy atom. The second kappa shape index (κ2) is 2.05. The van der Waals surface area contributed by atoms with Gasteiger partial charge in [-0.2, -0.15) is 5.10 Å². The van der Waals surface area contributed by atoms with Crippen molar-refractivity contribution in [2.24, 2.45) is 0 Å². The lowest BCUT2D eigenvalue weighted by atomic mass is 10.4. The van der Waals surface area contributed by atoms with Crippen molar-refractivity contribution in [2.75, 3.05) is 0 Å². The molecule has 2 rings (SSSR count). The van der Waals surface area contributed by atoms with Gasteiger partial charge < -0.3 is 0 Å². The topological polar surface area (TPSA) is 30.2 Å². The quantitative estimate of drug-likeness (QED) is 0.563. The molecule has 0 radical (unpaired) electrons. The van der Waals surface area contributed by atoms with E-state index in [1.165, 1.54) is 0 Å². The van der Waals surface area contributed by atoms with Crippen molar-refractivity contribution in [3.63, 3.8) is 0 Å². The smallest absolute Gasteiger partial charge is 0.127 e. The first kappa shape index (κ1) is 6.34. The fourth-order valence-electron chi connectivity index (χ4n) is 1.10. The zero-order valence-corrected chi connectivity index (χ0v) is 6.57. The molecule has 0 aliphatic carbocycles. The minimum Gasteiger partial charge on any atom is -0.239 e. The zero-order valence-electron chi connectivity index (χ0n) is 6.57. The predicted octanol–water partition coefficient (Wildman–Crippen LogP) is 1.35. The molecule has 0 saturated carbocycles. The molecule has 56 valence electrons. The Morgan fingerprint density at radius 3 is 2.91 bits per heavy atom. The Kier molecular flexibility index (Phi) is 1.18. The van der Waals surface area contributed by atoms with Gasteiger partial charge in [-0.05, 0) is 26.0 Å². The van der Waals surface area contributed by atoms with Crippen LogP contribution in [-0.4, -0.2) is 14.6 Å². The summed E-state index contributed by atoms with van der Waals surface area (Å²) in [5.74, 6) is 0.934. The molecule has 0 amide bonds. The molecule has 0 saturated heterocycles. The third-order valence-electron chi connectivity index (χ3n) is 1.69.